The molecule has 7 heteroatoms. The van der Waals surface area contributed by atoms with Gasteiger partial charge in [0.2, 0.25) is 0 Å². The molecule has 1 aliphatic rings. The summed E-state index contributed by atoms with van der Waals surface area (Å²) in [5.74, 6) is 1.73. The van der Waals surface area contributed by atoms with Gasteiger partial charge in [0, 0.05) is 44.0 Å². The van der Waals surface area contributed by atoms with Gasteiger partial charge in [0.15, 0.2) is 5.96 Å². The number of aliphatic imine (C=N–C) groups is 1. The summed E-state index contributed by atoms with van der Waals surface area (Å²) in [6, 6.07) is 4.32. The number of thiophene rings is 1. The van der Waals surface area contributed by atoms with Crippen molar-refractivity contribution in [2.24, 2.45) is 10.9 Å². The highest BCUT2D eigenvalue weighted by molar-refractivity contribution is 7.10. The molecular formula is C20H31N5S2. The molecule has 2 aromatic rings. The molecule has 0 amide bonds. The first kappa shape index (κ1) is 20.3. The predicted molar refractivity (Wildman–Crippen MR) is 117 cm³/mol. The smallest absolute Gasteiger partial charge is 0.193 e. The van der Waals surface area contributed by atoms with Crippen molar-refractivity contribution < 1.29 is 0 Å². The fraction of sp³-hybridized carbons (Fsp3) is 0.600. The third kappa shape index (κ3) is 6.30. The quantitative estimate of drug-likeness (QED) is 0.566. The van der Waals surface area contributed by atoms with Gasteiger partial charge in [-0.05, 0) is 56.6 Å². The third-order valence-electron chi connectivity index (χ3n) is 5.16. The Bertz CT molecular complexity index is 702. The zero-order valence-electron chi connectivity index (χ0n) is 16.6. The average molecular weight is 406 g/mol. The van der Waals surface area contributed by atoms with E-state index in [2.05, 4.69) is 62.0 Å². The van der Waals surface area contributed by atoms with Crippen molar-refractivity contribution in [1.82, 2.24) is 20.1 Å². The van der Waals surface area contributed by atoms with Crippen LogP contribution in [0.25, 0.3) is 0 Å². The number of guanidine groups is 1. The molecule has 3 heterocycles. The number of hydrogen-bond donors (Lipinski definition) is 1. The normalized spacial score (nSPS) is 16.6. The fourth-order valence-electron chi connectivity index (χ4n) is 3.52. The number of aromatic nitrogens is 1. The lowest BCUT2D eigenvalue weighted by Crippen LogP contribution is -2.44. The summed E-state index contributed by atoms with van der Waals surface area (Å²) in [6.07, 6.45) is 3.56. The lowest BCUT2D eigenvalue weighted by atomic mass is 9.97. The zero-order valence-corrected chi connectivity index (χ0v) is 18.3. The molecule has 0 bridgehead atoms. The Morgan fingerprint density at radius 3 is 2.81 bits per heavy atom. The Morgan fingerprint density at radius 2 is 2.19 bits per heavy atom. The monoisotopic (exact) mass is 405 g/mol. The van der Waals surface area contributed by atoms with Crippen LogP contribution in [0.2, 0.25) is 0 Å². The fourth-order valence-corrected chi connectivity index (χ4v) is 4.82. The van der Waals surface area contributed by atoms with E-state index in [0.29, 0.717) is 0 Å². The van der Waals surface area contributed by atoms with Crippen LogP contribution in [-0.2, 0) is 13.0 Å². The molecule has 0 unspecified atom stereocenters. The Hall–Kier alpha value is -1.44. The molecule has 148 valence electrons. The maximum absolute atomic E-state index is 4.59. The molecule has 27 heavy (non-hydrogen) atoms. The molecule has 1 aliphatic heterocycles. The number of likely N-dealkylation sites (N-methyl/N-ethyl adjacent to an activating group) is 1. The van der Waals surface area contributed by atoms with Crippen LogP contribution in [0.5, 0.6) is 0 Å². The minimum atomic E-state index is 0.723. The summed E-state index contributed by atoms with van der Waals surface area (Å²) in [4.78, 5) is 15.3. The van der Waals surface area contributed by atoms with Crippen molar-refractivity contribution in [3.05, 3.63) is 38.5 Å². The van der Waals surface area contributed by atoms with Gasteiger partial charge in [-0.2, -0.15) is 0 Å². The van der Waals surface area contributed by atoms with Crippen LogP contribution in [0.4, 0.5) is 0 Å². The summed E-state index contributed by atoms with van der Waals surface area (Å²) in [5.41, 5.74) is 1.22. The molecule has 1 fully saturated rings. The van der Waals surface area contributed by atoms with Gasteiger partial charge in [-0.3, -0.25) is 9.89 Å². The topological polar surface area (TPSA) is 43.8 Å². The van der Waals surface area contributed by atoms with Crippen LogP contribution in [0.1, 0.15) is 28.4 Å². The molecule has 3 rings (SSSR count). The molecule has 0 aliphatic carbocycles. The van der Waals surface area contributed by atoms with Gasteiger partial charge in [0.1, 0.15) is 0 Å². The molecular weight excluding hydrogens is 374 g/mol. The maximum Gasteiger partial charge on any atom is 0.193 e. The van der Waals surface area contributed by atoms with Gasteiger partial charge in [-0.1, -0.05) is 6.07 Å². The standard InChI is InChI=1S/C20H31N5S2/c1-16-23-18(15-27-16)14-25-10-6-17(7-11-25)13-22-20(21-2)24(3)9-8-19-5-4-12-26-19/h4-5,12,15,17H,6-11,13-14H2,1-3H3,(H,21,22). The van der Waals surface area contributed by atoms with Gasteiger partial charge in [0.05, 0.1) is 10.7 Å². The van der Waals surface area contributed by atoms with Crippen LogP contribution in [0.15, 0.2) is 27.9 Å². The van der Waals surface area contributed by atoms with Crippen LogP contribution < -0.4 is 5.32 Å². The number of piperidine rings is 1. The van der Waals surface area contributed by atoms with Crippen LogP contribution in [0.3, 0.4) is 0 Å². The molecule has 0 saturated carbocycles. The maximum atomic E-state index is 4.59. The highest BCUT2D eigenvalue weighted by Crippen LogP contribution is 2.19. The summed E-state index contributed by atoms with van der Waals surface area (Å²) in [6.45, 7) is 7.41. The van der Waals surface area contributed by atoms with Gasteiger partial charge < -0.3 is 10.2 Å². The van der Waals surface area contributed by atoms with E-state index in [-0.39, 0.29) is 0 Å². The molecule has 1 N–H and O–H groups in total. The first-order valence-electron chi connectivity index (χ1n) is 9.71. The van der Waals surface area contributed by atoms with Gasteiger partial charge >= 0.3 is 0 Å². The van der Waals surface area contributed by atoms with E-state index in [0.717, 1.165) is 51.0 Å². The molecule has 5 nitrogen and oxygen atoms in total. The highest BCUT2D eigenvalue weighted by atomic mass is 32.1. The molecule has 0 aromatic carbocycles. The highest BCUT2D eigenvalue weighted by Gasteiger charge is 2.20. The Morgan fingerprint density at radius 1 is 1.37 bits per heavy atom. The van der Waals surface area contributed by atoms with E-state index in [1.54, 1.807) is 11.3 Å². The van der Waals surface area contributed by atoms with Gasteiger partial charge in [0.25, 0.3) is 0 Å². The first-order chi connectivity index (χ1) is 13.1. The zero-order chi connectivity index (χ0) is 19.1. The van der Waals surface area contributed by atoms with E-state index in [1.807, 2.05) is 18.4 Å². The average Bonchev–Trinajstić information content (AvgIpc) is 3.33. The second kappa shape index (κ2) is 10.2. The van der Waals surface area contributed by atoms with E-state index in [9.17, 15) is 0 Å². The lowest BCUT2D eigenvalue weighted by Gasteiger charge is -2.32. The number of likely N-dealkylation sites (tertiary alicyclic amines) is 1. The number of thiazole rings is 1. The third-order valence-corrected chi connectivity index (χ3v) is 6.91. The molecule has 0 spiro atoms. The summed E-state index contributed by atoms with van der Waals surface area (Å²) < 4.78 is 0. The first-order valence-corrected chi connectivity index (χ1v) is 11.5. The van der Waals surface area contributed by atoms with Crippen molar-refractivity contribution in [2.45, 2.75) is 32.7 Å². The molecule has 1 saturated heterocycles. The summed E-state index contributed by atoms with van der Waals surface area (Å²) >= 11 is 3.57. The van der Waals surface area contributed by atoms with E-state index in [1.165, 1.54) is 28.4 Å². The number of nitrogens with zero attached hydrogens (tertiary/aromatic N) is 4. The van der Waals surface area contributed by atoms with Crippen molar-refractivity contribution in [2.75, 3.05) is 40.3 Å². The predicted octanol–water partition coefficient (Wildman–Crippen LogP) is 3.47. The van der Waals surface area contributed by atoms with Crippen molar-refractivity contribution >= 4 is 28.6 Å². The lowest BCUT2D eigenvalue weighted by molar-refractivity contribution is 0.176. The Balaban J connectivity index is 1.36. The molecule has 0 radical (unpaired) electrons. The van der Waals surface area contributed by atoms with E-state index < -0.39 is 0 Å². The Labute approximate surface area is 171 Å². The largest absolute Gasteiger partial charge is 0.356 e. The SMILES string of the molecule is CN=C(NCC1CCN(Cc2csc(C)n2)CC1)N(C)CCc1cccs1. The molecule has 2 aromatic heterocycles. The molecule has 0 atom stereocenters. The van der Waals surface area contributed by atoms with Crippen molar-refractivity contribution in [3.63, 3.8) is 0 Å². The van der Waals surface area contributed by atoms with Crippen LogP contribution in [-0.4, -0.2) is 61.0 Å². The minimum absolute atomic E-state index is 0.723. The van der Waals surface area contributed by atoms with Gasteiger partial charge in [-0.15, -0.1) is 22.7 Å². The van der Waals surface area contributed by atoms with E-state index >= 15 is 0 Å². The van der Waals surface area contributed by atoms with Crippen molar-refractivity contribution in [1.29, 1.82) is 0 Å². The number of aryl methyl sites for hydroxylation is 1. The van der Waals surface area contributed by atoms with Gasteiger partial charge in [-0.25, -0.2) is 4.98 Å². The second-order valence-electron chi connectivity index (χ2n) is 7.26. The van der Waals surface area contributed by atoms with Crippen LogP contribution in [0, 0.1) is 12.8 Å². The van der Waals surface area contributed by atoms with Crippen molar-refractivity contribution in [3.8, 4) is 0 Å². The second-order valence-corrected chi connectivity index (χ2v) is 9.35. The number of rotatable bonds is 7. The minimum Gasteiger partial charge on any atom is -0.356 e. The number of nitrogens with one attached hydrogen (secondary N) is 1. The Kier molecular flexibility index (Phi) is 7.67. The number of hydrogen-bond acceptors (Lipinski definition) is 5. The summed E-state index contributed by atoms with van der Waals surface area (Å²) in [7, 11) is 4.00. The summed E-state index contributed by atoms with van der Waals surface area (Å²) in [5, 5.41) is 9.09. The van der Waals surface area contributed by atoms with Crippen LogP contribution >= 0.6 is 22.7 Å². The van der Waals surface area contributed by atoms with E-state index in [4.69, 9.17) is 0 Å².